The van der Waals surface area contributed by atoms with Gasteiger partial charge in [0.25, 0.3) is 0 Å². The Morgan fingerprint density at radius 1 is 1.37 bits per heavy atom. The van der Waals surface area contributed by atoms with Crippen LogP contribution in [0.5, 0.6) is 11.5 Å². The van der Waals surface area contributed by atoms with Gasteiger partial charge >= 0.3 is 5.97 Å². The summed E-state index contributed by atoms with van der Waals surface area (Å²) in [4.78, 5) is 12.7. The Labute approximate surface area is 121 Å². The molecular formula is C13H18BrNO4. The van der Waals surface area contributed by atoms with Gasteiger partial charge in [0.05, 0.1) is 14.2 Å². The standard InChI is InChI=1S/C13H18BrNO4/c1-8(13(16)17)15(2)7-9-5-11(18-3)12(19-4)6-10(9)14/h5-6,8H,7H2,1-4H3,(H,16,17). The zero-order chi connectivity index (χ0) is 14.6. The molecule has 0 fully saturated rings. The van der Waals surface area contributed by atoms with E-state index in [2.05, 4.69) is 15.9 Å². The highest BCUT2D eigenvalue weighted by molar-refractivity contribution is 9.10. The SMILES string of the molecule is COc1cc(Br)c(CN(C)C(C)C(=O)O)cc1OC. The lowest BCUT2D eigenvalue weighted by Crippen LogP contribution is -2.35. The minimum absolute atomic E-state index is 0.494. The molecule has 19 heavy (non-hydrogen) atoms. The summed E-state index contributed by atoms with van der Waals surface area (Å²) in [5.41, 5.74) is 0.938. The number of nitrogens with zero attached hydrogens (tertiary/aromatic N) is 1. The lowest BCUT2D eigenvalue weighted by atomic mass is 10.1. The van der Waals surface area contributed by atoms with Gasteiger partial charge in [0.1, 0.15) is 6.04 Å². The maximum Gasteiger partial charge on any atom is 0.320 e. The van der Waals surface area contributed by atoms with Gasteiger partial charge < -0.3 is 14.6 Å². The van der Waals surface area contributed by atoms with Crippen molar-refractivity contribution in [2.75, 3.05) is 21.3 Å². The Hall–Kier alpha value is -1.27. The van der Waals surface area contributed by atoms with E-state index in [1.807, 2.05) is 12.1 Å². The Morgan fingerprint density at radius 3 is 2.37 bits per heavy atom. The zero-order valence-electron chi connectivity index (χ0n) is 11.4. The van der Waals surface area contributed by atoms with Crippen LogP contribution in [0.1, 0.15) is 12.5 Å². The number of hydrogen-bond acceptors (Lipinski definition) is 4. The molecule has 0 aliphatic heterocycles. The summed E-state index contributed by atoms with van der Waals surface area (Å²) in [6.07, 6.45) is 0. The van der Waals surface area contributed by atoms with Crippen molar-refractivity contribution in [2.24, 2.45) is 0 Å². The fourth-order valence-corrected chi connectivity index (χ4v) is 2.06. The second-order valence-corrected chi connectivity index (χ2v) is 5.08. The van der Waals surface area contributed by atoms with E-state index in [-0.39, 0.29) is 0 Å². The number of methoxy groups -OCH3 is 2. The highest BCUT2D eigenvalue weighted by Crippen LogP contribution is 2.33. The van der Waals surface area contributed by atoms with E-state index < -0.39 is 12.0 Å². The number of ether oxygens (including phenoxy) is 2. The minimum atomic E-state index is -0.848. The van der Waals surface area contributed by atoms with Crippen LogP contribution >= 0.6 is 15.9 Å². The van der Waals surface area contributed by atoms with Crippen LogP contribution in [-0.2, 0) is 11.3 Å². The average molecular weight is 332 g/mol. The van der Waals surface area contributed by atoms with Gasteiger partial charge in [0.2, 0.25) is 0 Å². The molecule has 1 aromatic carbocycles. The fourth-order valence-electron chi connectivity index (χ4n) is 1.61. The summed E-state index contributed by atoms with van der Waals surface area (Å²) in [5.74, 6) is 0.406. The number of carboxylic acid groups (broad SMARTS) is 1. The van der Waals surface area contributed by atoms with Gasteiger partial charge in [-0.25, -0.2) is 0 Å². The van der Waals surface area contributed by atoms with Crippen molar-refractivity contribution >= 4 is 21.9 Å². The predicted molar refractivity (Wildman–Crippen MR) is 75.8 cm³/mol. The molecule has 1 aromatic rings. The van der Waals surface area contributed by atoms with E-state index in [9.17, 15) is 4.79 Å². The summed E-state index contributed by atoms with van der Waals surface area (Å²) in [6, 6.07) is 3.10. The molecule has 0 bridgehead atoms. The summed E-state index contributed by atoms with van der Waals surface area (Å²) in [5, 5.41) is 8.98. The number of benzene rings is 1. The first-order valence-corrected chi connectivity index (χ1v) is 6.53. The molecule has 1 N–H and O–H groups in total. The minimum Gasteiger partial charge on any atom is -0.493 e. The Bertz CT molecular complexity index is 464. The lowest BCUT2D eigenvalue weighted by molar-refractivity contribution is -0.142. The first-order valence-electron chi connectivity index (χ1n) is 5.74. The van der Waals surface area contributed by atoms with Crippen LogP contribution in [0.2, 0.25) is 0 Å². The molecule has 0 heterocycles. The molecule has 106 valence electrons. The molecule has 1 atom stereocenters. The number of likely N-dealkylation sites (N-methyl/N-ethyl adjacent to an activating group) is 1. The van der Waals surface area contributed by atoms with E-state index in [0.29, 0.717) is 18.0 Å². The van der Waals surface area contributed by atoms with Crippen molar-refractivity contribution < 1.29 is 19.4 Å². The van der Waals surface area contributed by atoms with Crippen molar-refractivity contribution in [3.05, 3.63) is 22.2 Å². The largest absolute Gasteiger partial charge is 0.493 e. The van der Waals surface area contributed by atoms with Crippen LogP contribution in [0.3, 0.4) is 0 Å². The lowest BCUT2D eigenvalue weighted by Gasteiger charge is -2.22. The second kappa shape index (κ2) is 6.77. The highest BCUT2D eigenvalue weighted by Gasteiger charge is 2.18. The van der Waals surface area contributed by atoms with Crippen molar-refractivity contribution in [3.8, 4) is 11.5 Å². The quantitative estimate of drug-likeness (QED) is 0.867. The number of rotatable bonds is 6. The maximum absolute atomic E-state index is 10.9. The third kappa shape index (κ3) is 3.84. The van der Waals surface area contributed by atoms with Crippen LogP contribution in [0.25, 0.3) is 0 Å². The van der Waals surface area contributed by atoms with Gasteiger partial charge in [-0.2, -0.15) is 0 Å². The van der Waals surface area contributed by atoms with Crippen molar-refractivity contribution in [3.63, 3.8) is 0 Å². The van der Waals surface area contributed by atoms with Gasteiger partial charge in [-0.3, -0.25) is 9.69 Å². The van der Waals surface area contributed by atoms with E-state index >= 15 is 0 Å². The molecular weight excluding hydrogens is 314 g/mol. The van der Waals surface area contributed by atoms with Crippen LogP contribution in [-0.4, -0.2) is 43.3 Å². The monoisotopic (exact) mass is 331 g/mol. The summed E-state index contributed by atoms with van der Waals surface area (Å²) in [7, 11) is 4.91. The van der Waals surface area contributed by atoms with Crippen LogP contribution < -0.4 is 9.47 Å². The number of carbonyl (C=O) groups is 1. The zero-order valence-corrected chi connectivity index (χ0v) is 13.0. The number of aliphatic carboxylic acids is 1. The van der Waals surface area contributed by atoms with Gasteiger partial charge in [-0.05, 0) is 31.7 Å². The molecule has 6 heteroatoms. The topological polar surface area (TPSA) is 59.0 Å². The van der Waals surface area contributed by atoms with E-state index in [1.165, 1.54) is 0 Å². The average Bonchev–Trinajstić information content (AvgIpc) is 2.39. The first-order chi connectivity index (χ1) is 8.90. The highest BCUT2D eigenvalue weighted by atomic mass is 79.9. The normalized spacial score (nSPS) is 12.3. The number of hydrogen-bond donors (Lipinski definition) is 1. The van der Waals surface area contributed by atoms with Crippen LogP contribution in [0, 0.1) is 0 Å². The van der Waals surface area contributed by atoms with Crippen LogP contribution in [0.4, 0.5) is 0 Å². The van der Waals surface area contributed by atoms with Crippen molar-refractivity contribution in [1.29, 1.82) is 0 Å². The summed E-state index contributed by atoms with van der Waals surface area (Å²) < 4.78 is 11.3. The molecule has 0 radical (unpaired) electrons. The second-order valence-electron chi connectivity index (χ2n) is 4.23. The Balaban J connectivity index is 2.98. The summed E-state index contributed by atoms with van der Waals surface area (Å²) >= 11 is 3.46. The molecule has 0 spiro atoms. The van der Waals surface area contributed by atoms with Gasteiger partial charge in [0.15, 0.2) is 11.5 Å². The fraction of sp³-hybridized carbons (Fsp3) is 0.462. The molecule has 1 unspecified atom stereocenters. The third-order valence-electron chi connectivity index (χ3n) is 2.99. The molecule has 0 amide bonds. The van der Waals surface area contributed by atoms with E-state index in [0.717, 1.165) is 10.0 Å². The molecule has 0 aliphatic carbocycles. The summed E-state index contributed by atoms with van der Waals surface area (Å²) in [6.45, 7) is 2.14. The third-order valence-corrected chi connectivity index (χ3v) is 3.73. The Kier molecular flexibility index (Phi) is 5.62. The first kappa shape index (κ1) is 15.8. The van der Waals surface area contributed by atoms with E-state index in [4.69, 9.17) is 14.6 Å². The maximum atomic E-state index is 10.9. The molecule has 0 aliphatic rings. The van der Waals surface area contributed by atoms with Crippen molar-refractivity contribution in [2.45, 2.75) is 19.5 Å². The number of carboxylic acids is 1. The van der Waals surface area contributed by atoms with Gasteiger partial charge in [0, 0.05) is 11.0 Å². The predicted octanol–water partition coefficient (Wildman–Crippen LogP) is 2.37. The molecule has 0 aromatic heterocycles. The number of halogens is 1. The molecule has 5 nitrogen and oxygen atoms in total. The van der Waals surface area contributed by atoms with Crippen molar-refractivity contribution in [1.82, 2.24) is 4.90 Å². The van der Waals surface area contributed by atoms with Gasteiger partial charge in [-0.15, -0.1) is 0 Å². The molecule has 1 rings (SSSR count). The molecule has 0 saturated heterocycles. The van der Waals surface area contributed by atoms with E-state index in [1.54, 1.807) is 33.1 Å². The van der Waals surface area contributed by atoms with Crippen LogP contribution in [0.15, 0.2) is 16.6 Å². The molecule has 0 saturated carbocycles. The van der Waals surface area contributed by atoms with Gasteiger partial charge in [-0.1, -0.05) is 15.9 Å². The smallest absolute Gasteiger partial charge is 0.320 e. The Morgan fingerprint density at radius 2 is 1.89 bits per heavy atom.